The molecule has 36 heavy (non-hydrogen) atoms. The molecule has 0 N–H and O–H groups in total. The van der Waals surface area contributed by atoms with Gasteiger partial charge in [-0.2, -0.15) is 4.99 Å². The molecule has 0 unspecified atom stereocenters. The number of amides is 2. The number of esters is 2. The number of aromatic nitrogens is 1. The van der Waals surface area contributed by atoms with Gasteiger partial charge in [-0.3, -0.25) is 14.4 Å². The van der Waals surface area contributed by atoms with Crippen LogP contribution in [0.1, 0.15) is 43.5 Å². The summed E-state index contributed by atoms with van der Waals surface area (Å²) in [7, 11) is -4.04. The van der Waals surface area contributed by atoms with Crippen LogP contribution in [-0.4, -0.2) is 79.4 Å². The van der Waals surface area contributed by atoms with E-state index in [1.54, 1.807) is 26.0 Å². The Hall–Kier alpha value is -3.06. The van der Waals surface area contributed by atoms with E-state index >= 15 is 0 Å². The first-order valence-corrected chi connectivity index (χ1v) is 14.3. The SMILES string of the molecule is CCOC(=O)Cn1c(=NC(=O)CS(=O)(=O)CC(=O)N2CCCCC2)sc2cc(C(=O)OCC)ccc21. The Morgan fingerprint density at radius 1 is 1.00 bits per heavy atom. The monoisotopic (exact) mass is 539 g/mol. The van der Waals surface area contributed by atoms with Gasteiger partial charge in [-0.05, 0) is 51.3 Å². The van der Waals surface area contributed by atoms with Crippen molar-refractivity contribution in [2.45, 2.75) is 39.7 Å². The van der Waals surface area contributed by atoms with Gasteiger partial charge in [-0.25, -0.2) is 13.2 Å². The number of benzene rings is 1. The number of carbonyl (C=O) groups excluding carboxylic acids is 4. The zero-order chi connectivity index (χ0) is 26.3. The van der Waals surface area contributed by atoms with Gasteiger partial charge in [0, 0.05) is 13.1 Å². The molecule has 0 atom stereocenters. The predicted molar refractivity (Wildman–Crippen MR) is 132 cm³/mol. The van der Waals surface area contributed by atoms with Gasteiger partial charge in [0.1, 0.15) is 18.1 Å². The molecule has 2 heterocycles. The van der Waals surface area contributed by atoms with Crippen LogP contribution in [0.15, 0.2) is 23.2 Å². The molecule has 0 radical (unpaired) electrons. The largest absolute Gasteiger partial charge is 0.465 e. The Morgan fingerprint density at radius 2 is 1.69 bits per heavy atom. The van der Waals surface area contributed by atoms with E-state index in [2.05, 4.69) is 4.99 Å². The summed E-state index contributed by atoms with van der Waals surface area (Å²) in [4.78, 5) is 54.8. The zero-order valence-electron chi connectivity index (χ0n) is 20.2. The molecule has 1 aliphatic heterocycles. The highest BCUT2D eigenvalue weighted by Gasteiger charge is 2.25. The highest BCUT2D eigenvalue weighted by molar-refractivity contribution is 7.92. The summed E-state index contributed by atoms with van der Waals surface area (Å²) in [6.45, 7) is 4.46. The quantitative estimate of drug-likeness (QED) is 0.434. The van der Waals surface area contributed by atoms with Crippen molar-refractivity contribution in [1.82, 2.24) is 9.47 Å². The van der Waals surface area contributed by atoms with Crippen LogP contribution in [0, 0.1) is 0 Å². The number of hydrogen-bond acceptors (Lipinski definition) is 9. The van der Waals surface area contributed by atoms with Crippen LogP contribution in [0.2, 0.25) is 0 Å². The number of ether oxygens (including phenoxy) is 2. The van der Waals surface area contributed by atoms with Crippen LogP contribution in [0.4, 0.5) is 0 Å². The molecule has 1 aromatic heterocycles. The third kappa shape index (κ3) is 7.23. The lowest BCUT2D eigenvalue weighted by molar-refractivity contribution is -0.143. The zero-order valence-corrected chi connectivity index (χ0v) is 21.9. The van der Waals surface area contributed by atoms with E-state index in [1.807, 2.05) is 0 Å². The Bertz CT molecular complexity index is 1320. The molecule has 1 saturated heterocycles. The van der Waals surface area contributed by atoms with Crippen LogP contribution in [0.5, 0.6) is 0 Å². The minimum atomic E-state index is -4.04. The normalized spacial score (nSPS) is 14.6. The Morgan fingerprint density at radius 3 is 2.36 bits per heavy atom. The van der Waals surface area contributed by atoms with Gasteiger partial charge in [-0.15, -0.1) is 0 Å². The molecule has 2 amide bonds. The molecule has 1 aliphatic rings. The standard InChI is InChI=1S/C23H29N3O8S2/c1-3-33-21(29)13-26-17-9-8-16(22(30)34-4-2)12-18(17)35-23(26)24-19(27)14-36(31,32)15-20(28)25-10-6-5-7-11-25/h8-9,12H,3-7,10-11,13-15H2,1-2H3. The van der Waals surface area contributed by atoms with Gasteiger partial charge >= 0.3 is 11.9 Å². The van der Waals surface area contributed by atoms with E-state index in [0.29, 0.717) is 23.3 Å². The van der Waals surface area contributed by atoms with Crippen molar-refractivity contribution >= 4 is 55.1 Å². The third-order valence-electron chi connectivity index (χ3n) is 5.40. The van der Waals surface area contributed by atoms with Crippen LogP contribution in [0.3, 0.4) is 0 Å². The molecule has 0 spiro atoms. The van der Waals surface area contributed by atoms with Gasteiger partial charge in [-0.1, -0.05) is 11.3 Å². The molecule has 11 nitrogen and oxygen atoms in total. The first-order chi connectivity index (χ1) is 17.1. The van der Waals surface area contributed by atoms with E-state index < -0.39 is 45.1 Å². The summed E-state index contributed by atoms with van der Waals surface area (Å²) in [5.41, 5.74) is 0.793. The first kappa shape index (κ1) is 27.5. The van der Waals surface area contributed by atoms with Crippen molar-refractivity contribution in [1.29, 1.82) is 0 Å². The second-order valence-corrected chi connectivity index (χ2v) is 11.2. The number of thiazole rings is 1. The fourth-order valence-corrected chi connectivity index (χ4v) is 5.98. The minimum absolute atomic E-state index is 0.0709. The van der Waals surface area contributed by atoms with Crippen molar-refractivity contribution in [3.05, 3.63) is 28.6 Å². The van der Waals surface area contributed by atoms with Gasteiger partial charge < -0.3 is 18.9 Å². The van der Waals surface area contributed by atoms with Crippen molar-refractivity contribution in [3.8, 4) is 0 Å². The highest BCUT2D eigenvalue weighted by atomic mass is 32.2. The van der Waals surface area contributed by atoms with E-state index in [4.69, 9.17) is 9.47 Å². The van der Waals surface area contributed by atoms with Gasteiger partial charge in [0.25, 0.3) is 5.91 Å². The highest BCUT2D eigenvalue weighted by Crippen LogP contribution is 2.20. The molecule has 13 heteroatoms. The number of rotatable bonds is 9. The van der Waals surface area contributed by atoms with Crippen molar-refractivity contribution in [3.63, 3.8) is 0 Å². The molecule has 0 aliphatic carbocycles. The lowest BCUT2D eigenvalue weighted by Crippen LogP contribution is -2.40. The maximum atomic E-state index is 12.6. The number of fused-ring (bicyclic) bond motifs is 1. The fraction of sp³-hybridized carbons (Fsp3) is 0.522. The first-order valence-electron chi connectivity index (χ1n) is 11.7. The summed E-state index contributed by atoms with van der Waals surface area (Å²) in [5.74, 6) is -4.27. The molecule has 0 bridgehead atoms. The van der Waals surface area contributed by atoms with Crippen LogP contribution >= 0.6 is 11.3 Å². The lowest BCUT2D eigenvalue weighted by atomic mass is 10.1. The lowest BCUT2D eigenvalue weighted by Gasteiger charge is -2.26. The number of likely N-dealkylation sites (tertiary alicyclic amines) is 1. The molecule has 3 rings (SSSR count). The summed E-state index contributed by atoms with van der Waals surface area (Å²) in [6.07, 6.45) is 2.64. The van der Waals surface area contributed by atoms with E-state index in [-0.39, 0.29) is 30.1 Å². The van der Waals surface area contributed by atoms with E-state index in [0.717, 1.165) is 30.6 Å². The number of hydrogen-bond donors (Lipinski definition) is 0. The molecular weight excluding hydrogens is 510 g/mol. The van der Waals surface area contributed by atoms with Gasteiger partial charge in [0.15, 0.2) is 14.6 Å². The average molecular weight is 540 g/mol. The van der Waals surface area contributed by atoms with Crippen LogP contribution < -0.4 is 4.80 Å². The molecule has 1 fully saturated rings. The molecule has 2 aromatic rings. The van der Waals surface area contributed by atoms with Crippen LogP contribution in [0.25, 0.3) is 10.2 Å². The third-order valence-corrected chi connectivity index (χ3v) is 7.82. The molecule has 0 saturated carbocycles. The Kier molecular flexibility index (Phi) is 9.37. The van der Waals surface area contributed by atoms with Crippen molar-refractivity contribution in [2.24, 2.45) is 4.99 Å². The smallest absolute Gasteiger partial charge is 0.338 e. The van der Waals surface area contributed by atoms with Gasteiger partial charge in [0.05, 0.1) is 29.0 Å². The topological polar surface area (TPSA) is 141 Å². The summed E-state index contributed by atoms with van der Waals surface area (Å²) >= 11 is 1.01. The molecular formula is C23H29N3O8S2. The Balaban J connectivity index is 1.88. The van der Waals surface area contributed by atoms with Crippen molar-refractivity contribution < 1.29 is 37.1 Å². The maximum Gasteiger partial charge on any atom is 0.338 e. The fourth-order valence-electron chi connectivity index (χ4n) is 3.79. The summed E-state index contributed by atoms with van der Waals surface area (Å²) in [5, 5.41) is 0. The van der Waals surface area contributed by atoms with Crippen LogP contribution in [-0.2, 0) is 40.2 Å². The molecule has 1 aromatic carbocycles. The Labute approximate surface area is 212 Å². The predicted octanol–water partition coefficient (Wildman–Crippen LogP) is 1.30. The van der Waals surface area contributed by atoms with E-state index in [9.17, 15) is 27.6 Å². The molecule has 196 valence electrons. The van der Waals surface area contributed by atoms with Crippen molar-refractivity contribution in [2.75, 3.05) is 37.8 Å². The van der Waals surface area contributed by atoms with E-state index in [1.165, 1.54) is 15.5 Å². The second kappa shape index (κ2) is 12.3. The average Bonchev–Trinajstić information content (AvgIpc) is 3.14. The summed E-state index contributed by atoms with van der Waals surface area (Å²) < 4.78 is 37.0. The number of sulfone groups is 1. The van der Waals surface area contributed by atoms with Gasteiger partial charge in [0.2, 0.25) is 5.91 Å². The minimum Gasteiger partial charge on any atom is -0.465 e. The maximum absolute atomic E-state index is 12.6. The summed E-state index contributed by atoms with van der Waals surface area (Å²) in [6, 6.07) is 4.67. The second-order valence-electron chi connectivity index (χ2n) is 8.16. The number of nitrogens with zero attached hydrogens (tertiary/aromatic N) is 3. The number of carbonyl (C=O) groups is 4. The number of piperidine rings is 1.